The number of aliphatic hydroxyl groups is 1. The van der Waals surface area contributed by atoms with Crippen LogP contribution in [-0.4, -0.2) is 89.5 Å². The molecule has 7 atom stereocenters. The summed E-state index contributed by atoms with van der Waals surface area (Å²) in [5.74, 6) is -2.60. The Hall–Kier alpha value is -5.54. The second-order valence-corrected chi connectivity index (χ2v) is 19.0. The van der Waals surface area contributed by atoms with E-state index in [1.165, 1.54) is 11.0 Å². The molecule has 15 heteroatoms. The number of oxime groups is 1. The number of rotatable bonds is 11. The van der Waals surface area contributed by atoms with Crippen LogP contribution in [-0.2, 0) is 35.7 Å². The molecular weight excluding hydrogens is 761 g/mol. The van der Waals surface area contributed by atoms with Crippen LogP contribution in [0, 0.1) is 11.3 Å². The molecule has 304 valence electrons. The van der Waals surface area contributed by atoms with E-state index >= 15 is 0 Å². The van der Waals surface area contributed by atoms with Gasteiger partial charge in [-0.15, -0.1) is 6.58 Å². The molecule has 0 bridgehead atoms. The van der Waals surface area contributed by atoms with Crippen molar-refractivity contribution in [2.24, 2.45) is 16.5 Å². The van der Waals surface area contributed by atoms with Gasteiger partial charge in [-0.05, 0) is 53.4 Å². The Morgan fingerprint density at radius 2 is 1.59 bits per heavy atom. The predicted molar refractivity (Wildman–Crippen MR) is 216 cm³/mol. The topological polar surface area (TPSA) is 196 Å². The van der Waals surface area contributed by atoms with Crippen molar-refractivity contribution >= 4 is 39.5 Å². The van der Waals surface area contributed by atoms with E-state index in [9.17, 15) is 32.7 Å². The summed E-state index contributed by atoms with van der Waals surface area (Å²) in [4.78, 5) is 63.6. The van der Waals surface area contributed by atoms with E-state index in [0.717, 1.165) is 33.4 Å². The normalized spacial score (nSPS) is 26.0. The van der Waals surface area contributed by atoms with Gasteiger partial charge >= 0.3 is 6.03 Å². The predicted octanol–water partition coefficient (Wildman–Crippen LogP) is 3.45. The highest BCUT2D eigenvalue weighted by atomic mass is 32.2. The molecule has 0 aromatic heterocycles. The van der Waals surface area contributed by atoms with E-state index in [1.54, 1.807) is 20.8 Å². The number of carbonyl (C=O) groups excluding carboxylic acids is 4. The number of nitrogens with zero attached hydrogens (tertiary/aromatic N) is 2. The van der Waals surface area contributed by atoms with Crippen molar-refractivity contribution in [2.75, 3.05) is 6.54 Å². The zero-order chi connectivity index (χ0) is 41.1. The number of carbonyl (C=O) groups is 4. The molecule has 14 nitrogen and oxygen atoms in total. The maximum absolute atomic E-state index is 14.4. The number of benzene rings is 3. The molecular formula is C43H48N6O8S. The van der Waals surface area contributed by atoms with Gasteiger partial charge in [-0.25, -0.2) is 13.2 Å². The molecule has 8 rings (SSSR count). The van der Waals surface area contributed by atoms with Gasteiger partial charge in [0.15, 0.2) is 0 Å². The quantitative estimate of drug-likeness (QED) is 0.112. The molecule has 58 heavy (non-hydrogen) atoms. The lowest BCUT2D eigenvalue weighted by molar-refractivity contribution is -0.131. The standard InChI is InChI=1S/C43H48N6O8S/c1-5-25-22-43(25,40(53)48-58(55,56)27-18-19-27)46-38(51)34-21-26(57-47-35-31-16-10-8-14-29(31)30-15-9-11-17-32(30)35)23-49(34)41(54)45-37(42(2,3)4)39(52)44-33-20-24-12-6-7-13-28(24)36(33)50/h5-17,25-27,33-34,36-37,50H,1,18-23H2,2-4H3,(H,44,52)(H,45,54)(H,46,51)(H,48,53)/t25-,26?,33+,34?,36-,37?,43+/m1/s1. The summed E-state index contributed by atoms with van der Waals surface area (Å²) in [6.45, 7) is 9.07. The number of sulfonamides is 1. The SMILES string of the molecule is C=C[C@@H]1C[C@@]1(NC(=O)C1CC(ON=C2c3ccccc3-c3ccccc32)CN1C(=O)NC(C(=O)N[C@H]1Cc2ccccc2[C@H]1O)C(C)(C)C)C(=O)NS(=O)(=O)C1CC1. The maximum Gasteiger partial charge on any atom is 0.318 e. The van der Waals surface area contributed by atoms with Crippen molar-refractivity contribution in [3.05, 3.63) is 108 Å². The maximum atomic E-state index is 14.4. The van der Waals surface area contributed by atoms with Gasteiger partial charge < -0.3 is 30.8 Å². The largest absolute Gasteiger partial charge is 0.390 e. The molecule has 5 amide bonds. The third-order valence-electron chi connectivity index (χ3n) is 11.9. The van der Waals surface area contributed by atoms with E-state index in [0.29, 0.717) is 25.0 Å². The van der Waals surface area contributed by atoms with Gasteiger partial charge in [-0.1, -0.05) is 105 Å². The fraction of sp³-hybridized carbons (Fsp3) is 0.419. The van der Waals surface area contributed by atoms with Crippen LogP contribution in [0.2, 0.25) is 0 Å². The molecule has 1 saturated heterocycles. The van der Waals surface area contributed by atoms with Crippen molar-refractivity contribution in [1.82, 2.24) is 25.6 Å². The molecule has 3 unspecified atom stereocenters. The Balaban J connectivity index is 1.04. The van der Waals surface area contributed by atoms with Crippen LogP contribution in [0.5, 0.6) is 0 Å². The summed E-state index contributed by atoms with van der Waals surface area (Å²) in [7, 11) is -3.92. The Kier molecular flexibility index (Phi) is 9.95. The lowest BCUT2D eigenvalue weighted by Crippen LogP contribution is -2.61. The first-order valence-electron chi connectivity index (χ1n) is 19.7. The zero-order valence-corrected chi connectivity index (χ0v) is 33.4. The van der Waals surface area contributed by atoms with Crippen molar-refractivity contribution in [1.29, 1.82) is 0 Å². The number of urea groups is 1. The monoisotopic (exact) mass is 808 g/mol. The first-order chi connectivity index (χ1) is 27.6. The van der Waals surface area contributed by atoms with Gasteiger partial charge in [0.1, 0.15) is 29.4 Å². The zero-order valence-electron chi connectivity index (χ0n) is 32.6. The van der Waals surface area contributed by atoms with Gasteiger partial charge in [0.2, 0.25) is 21.8 Å². The average molecular weight is 809 g/mol. The molecule has 3 fully saturated rings. The molecule has 3 aromatic carbocycles. The molecule has 0 spiro atoms. The van der Waals surface area contributed by atoms with E-state index < -0.39 is 86.2 Å². The highest BCUT2D eigenvalue weighted by Gasteiger charge is 2.62. The third-order valence-corrected chi connectivity index (χ3v) is 13.8. The van der Waals surface area contributed by atoms with Crippen LogP contribution < -0.4 is 20.7 Å². The van der Waals surface area contributed by atoms with Gasteiger partial charge in [-0.3, -0.25) is 19.1 Å². The van der Waals surface area contributed by atoms with E-state index in [-0.39, 0.29) is 19.4 Å². The summed E-state index contributed by atoms with van der Waals surface area (Å²) in [6, 6.07) is 19.4. The Morgan fingerprint density at radius 1 is 0.966 bits per heavy atom. The van der Waals surface area contributed by atoms with Crippen LogP contribution in [0.25, 0.3) is 11.1 Å². The van der Waals surface area contributed by atoms with Gasteiger partial charge in [-0.2, -0.15) is 0 Å². The fourth-order valence-electron chi connectivity index (χ4n) is 8.44. The molecule has 1 aliphatic heterocycles. The molecule has 4 aliphatic carbocycles. The summed E-state index contributed by atoms with van der Waals surface area (Å²) in [5.41, 5.74) is 3.63. The summed E-state index contributed by atoms with van der Waals surface area (Å²) >= 11 is 0. The van der Waals surface area contributed by atoms with Crippen molar-refractivity contribution in [3.63, 3.8) is 0 Å². The molecule has 0 radical (unpaired) electrons. The molecule has 5 aliphatic rings. The Bertz CT molecular complexity index is 2290. The minimum atomic E-state index is -3.92. The minimum Gasteiger partial charge on any atom is -0.390 e. The van der Waals surface area contributed by atoms with E-state index in [1.807, 2.05) is 72.8 Å². The summed E-state index contributed by atoms with van der Waals surface area (Å²) < 4.78 is 27.7. The fourth-order valence-corrected chi connectivity index (χ4v) is 9.80. The minimum absolute atomic E-state index is 0.0188. The van der Waals surface area contributed by atoms with E-state index in [2.05, 4.69) is 32.4 Å². The number of hydrogen-bond acceptors (Lipinski definition) is 9. The second-order valence-electron chi connectivity index (χ2n) is 17.1. The van der Waals surface area contributed by atoms with Crippen LogP contribution in [0.15, 0.2) is 90.6 Å². The van der Waals surface area contributed by atoms with Crippen molar-refractivity contribution in [2.45, 2.75) is 94.0 Å². The number of amides is 5. The molecule has 2 saturated carbocycles. The number of nitrogens with one attached hydrogen (secondary N) is 4. The number of fused-ring (bicyclic) bond motifs is 4. The molecule has 5 N–H and O–H groups in total. The average Bonchev–Trinajstić information content (AvgIpc) is 4.08. The van der Waals surface area contributed by atoms with Crippen LogP contribution in [0.3, 0.4) is 0 Å². The molecule has 3 aromatic rings. The smallest absolute Gasteiger partial charge is 0.318 e. The third kappa shape index (κ3) is 7.25. The second kappa shape index (κ2) is 14.7. The van der Waals surface area contributed by atoms with Crippen molar-refractivity contribution in [3.8, 4) is 11.1 Å². The highest BCUT2D eigenvalue weighted by Crippen LogP contribution is 2.46. The lowest BCUT2D eigenvalue weighted by Gasteiger charge is -2.34. The number of likely N-dealkylation sites (tertiary alicyclic amines) is 1. The van der Waals surface area contributed by atoms with Crippen molar-refractivity contribution < 1.29 is 37.5 Å². The van der Waals surface area contributed by atoms with Crippen LogP contribution in [0.1, 0.15) is 74.8 Å². The first kappa shape index (κ1) is 39.3. The lowest BCUT2D eigenvalue weighted by atomic mass is 9.86. The Labute approximate surface area is 337 Å². The van der Waals surface area contributed by atoms with Crippen LogP contribution in [0.4, 0.5) is 4.79 Å². The summed E-state index contributed by atoms with van der Waals surface area (Å²) in [6.07, 6.45) is 1.21. The van der Waals surface area contributed by atoms with Crippen LogP contribution >= 0.6 is 0 Å². The van der Waals surface area contributed by atoms with E-state index in [4.69, 9.17) is 4.84 Å². The highest BCUT2D eigenvalue weighted by molar-refractivity contribution is 7.91. The van der Waals surface area contributed by atoms with Gasteiger partial charge in [0.05, 0.1) is 23.9 Å². The molecule has 1 heterocycles. The number of hydrogen-bond donors (Lipinski definition) is 5. The summed E-state index contributed by atoms with van der Waals surface area (Å²) in [5, 5.41) is 23.5. The van der Waals surface area contributed by atoms with Gasteiger partial charge in [0.25, 0.3) is 5.91 Å². The van der Waals surface area contributed by atoms with Gasteiger partial charge in [0, 0.05) is 23.5 Å². The Morgan fingerprint density at radius 3 is 2.17 bits per heavy atom. The first-order valence-corrected chi connectivity index (χ1v) is 21.2. The number of aliphatic hydroxyl groups excluding tert-OH is 1.